The Labute approximate surface area is 144 Å². The van der Waals surface area contributed by atoms with E-state index in [0.29, 0.717) is 49.3 Å². The number of carbonyl (C=O) groups excluding carboxylic acids is 1. The van der Waals surface area contributed by atoms with Gasteiger partial charge in [0.05, 0.1) is 0 Å². The maximum atomic E-state index is 13.8. The maximum Gasteiger partial charge on any atom is 0.322 e. The van der Waals surface area contributed by atoms with Crippen LogP contribution in [0.4, 0.5) is 20.7 Å². The van der Waals surface area contributed by atoms with Crippen LogP contribution in [-0.4, -0.2) is 47.3 Å². The zero-order valence-corrected chi connectivity index (χ0v) is 14.0. The lowest BCUT2D eigenvalue weighted by Gasteiger charge is -2.35. The molecule has 2 fully saturated rings. The van der Waals surface area contributed by atoms with Crippen molar-refractivity contribution in [1.82, 2.24) is 15.0 Å². The van der Waals surface area contributed by atoms with Crippen LogP contribution in [0.25, 0.3) is 0 Å². The van der Waals surface area contributed by atoms with E-state index in [9.17, 15) is 9.18 Å². The lowest BCUT2D eigenvalue weighted by molar-refractivity contribution is 0.208. The van der Waals surface area contributed by atoms with Crippen molar-refractivity contribution in [1.29, 1.82) is 0 Å². The SMILES string of the molecule is Cc1noc(C2CC2)c1NC(=O)N1CCN(c2ncccc2F)CC1. The number of nitrogens with zero attached hydrogens (tertiary/aromatic N) is 4. The highest BCUT2D eigenvalue weighted by molar-refractivity contribution is 5.90. The summed E-state index contributed by atoms with van der Waals surface area (Å²) >= 11 is 0. The van der Waals surface area contributed by atoms with Crippen molar-refractivity contribution >= 4 is 17.5 Å². The normalized spacial score (nSPS) is 17.7. The third kappa shape index (κ3) is 3.16. The van der Waals surface area contributed by atoms with Gasteiger partial charge >= 0.3 is 6.03 Å². The molecule has 1 saturated heterocycles. The number of carbonyl (C=O) groups is 1. The average molecular weight is 345 g/mol. The summed E-state index contributed by atoms with van der Waals surface area (Å²) < 4.78 is 19.2. The Morgan fingerprint density at radius 3 is 2.76 bits per heavy atom. The third-order valence-electron chi connectivity index (χ3n) is 4.67. The van der Waals surface area contributed by atoms with Gasteiger partial charge in [0.25, 0.3) is 0 Å². The number of aromatic nitrogens is 2. The van der Waals surface area contributed by atoms with E-state index >= 15 is 0 Å². The first-order valence-electron chi connectivity index (χ1n) is 8.51. The molecule has 1 aliphatic carbocycles. The number of urea groups is 1. The molecule has 25 heavy (non-hydrogen) atoms. The van der Waals surface area contributed by atoms with E-state index in [-0.39, 0.29) is 11.8 Å². The first-order chi connectivity index (χ1) is 12.1. The van der Waals surface area contributed by atoms with Gasteiger partial charge in [0.1, 0.15) is 11.4 Å². The lowest BCUT2D eigenvalue weighted by Crippen LogP contribution is -2.50. The van der Waals surface area contributed by atoms with Gasteiger partial charge in [-0.05, 0) is 31.9 Å². The number of pyridine rings is 1. The van der Waals surface area contributed by atoms with Crippen molar-refractivity contribution in [3.63, 3.8) is 0 Å². The van der Waals surface area contributed by atoms with E-state index in [1.54, 1.807) is 17.2 Å². The van der Waals surface area contributed by atoms with Gasteiger partial charge in [-0.1, -0.05) is 5.16 Å². The molecule has 2 aromatic heterocycles. The number of piperazine rings is 1. The summed E-state index contributed by atoms with van der Waals surface area (Å²) in [6.45, 7) is 3.92. The lowest BCUT2D eigenvalue weighted by atomic mass is 10.2. The van der Waals surface area contributed by atoms with Crippen LogP contribution in [0.1, 0.15) is 30.2 Å². The van der Waals surface area contributed by atoms with Crippen molar-refractivity contribution in [3.8, 4) is 0 Å². The fraction of sp³-hybridized carbons (Fsp3) is 0.471. The van der Waals surface area contributed by atoms with Crippen molar-refractivity contribution in [3.05, 3.63) is 35.6 Å². The zero-order valence-electron chi connectivity index (χ0n) is 14.0. The third-order valence-corrected chi connectivity index (χ3v) is 4.67. The number of anilines is 2. The van der Waals surface area contributed by atoms with Crippen LogP contribution >= 0.6 is 0 Å². The summed E-state index contributed by atoms with van der Waals surface area (Å²) in [6.07, 6.45) is 3.73. The van der Waals surface area contributed by atoms with Crippen molar-refractivity contribution < 1.29 is 13.7 Å². The quantitative estimate of drug-likeness (QED) is 0.926. The molecule has 3 heterocycles. The summed E-state index contributed by atoms with van der Waals surface area (Å²) in [5.74, 6) is 1.16. The number of halogens is 1. The molecule has 0 atom stereocenters. The summed E-state index contributed by atoms with van der Waals surface area (Å²) in [6, 6.07) is 2.80. The molecule has 0 unspecified atom stereocenters. The second-order valence-corrected chi connectivity index (χ2v) is 6.49. The Bertz CT molecular complexity index is 781. The van der Waals surface area contributed by atoms with Crippen LogP contribution in [0.5, 0.6) is 0 Å². The van der Waals surface area contributed by atoms with Gasteiger partial charge in [-0.25, -0.2) is 14.2 Å². The second-order valence-electron chi connectivity index (χ2n) is 6.49. The second kappa shape index (κ2) is 6.34. The minimum Gasteiger partial charge on any atom is -0.359 e. The Morgan fingerprint density at radius 1 is 1.32 bits per heavy atom. The molecule has 2 aromatic rings. The monoisotopic (exact) mass is 345 g/mol. The predicted octanol–water partition coefficient (Wildman–Crippen LogP) is 2.75. The molecule has 7 nitrogen and oxygen atoms in total. The number of hydrogen-bond donors (Lipinski definition) is 1. The van der Waals surface area contributed by atoms with Gasteiger partial charge in [0.15, 0.2) is 17.4 Å². The zero-order chi connectivity index (χ0) is 17.4. The van der Waals surface area contributed by atoms with Gasteiger partial charge in [-0.2, -0.15) is 0 Å². The van der Waals surface area contributed by atoms with E-state index in [0.717, 1.165) is 18.6 Å². The topological polar surface area (TPSA) is 74.5 Å². The highest BCUT2D eigenvalue weighted by Gasteiger charge is 2.33. The molecule has 132 valence electrons. The van der Waals surface area contributed by atoms with Crippen LogP contribution in [0.3, 0.4) is 0 Å². The number of amides is 2. The van der Waals surface area contributed by atoms with Crippen LogP contribution in [-0.2, 0) is 0 Å². The molecule has 0 spiro atoms. The van der Waals surface area contributed by atoms with Gasteiger partial charge < -0.3 is 19.6 Å². The van der Waals surface area contributed by atoms with Crippen LogP contribution < -0.4 is 10.2 Å². The standard InChI is InChI=1S/C17H20FN5O2/c1-11-14(15(25-21-11)12-4-5-12)20-17(24)23-9-7-22(8-10-23)16-13(18)3-2-6-19-16/h2-3,6,12H,4-5,7-10H2,1H3,(H,20,24). The molecular formula is C17H20FN5O2. The Morgan fingerprint density at radius 2 is 2.08 bits per heavy atom. The van der Waals surface area contributed by atoms with E-state index in [4.69, 9.17) is 4.52 Å². The van der Waals surface area contributed by atoms with E-state index < -0.39 is 0 Å². The predicted molar refractivity (Wildman–Crippen MR) is 90.2 cm³/mol. The Hall–Kier alpha value is -2.64. The number of hydrogen-bond acceptors (Lipinski definition) is 5. The minimum absolute atomic E-state index is 0.172. The van der Waals surface area contributed by atoms with E-state index in [1.165, 1.54) is 6.07 Å². The first-order valence-corrected chi connectivity index (χ1v) is 8.51. The molecule has 1 saturated carbocycles. The van der Waals surface area contributed by atoms with Crippen molar-refractivity contribution in [2.75, 3.05) is 36.4 Å². The number of aryl methyl sites for hydroxylation is 1. The molecular weight excluding hydrogens is 325 g/mol. The number of nitrogens with one attached hydrogen (secondary N) is 1. The maximum absolute atomic E-state index is 13.8. The molecule has 2 amide bonds. The van der Waals surface area contributed by atoms with Gasteiger partial charge in [0, 0.05) is 38.3 Å². The minimum atomic E-state index is -0.338. The molecule has 1 aliphatic heterocycles. The largest absolute Gasteiger partial charge is 0.359 e. The molecule has 4 rings (SSSR count). The summed E-state index contributed by atoms with van der Waals surface area (Å²) in [4.78, 5) is 20.2. The van der Waals surface area contributed by atoms with Gasteiger partial charge in [-0.15, -0.1) is 0 Å². The van der Waals surface area contributed by atoms with Crippen molar-refractivity contribution in [2.45, 2.75) is 25.7 Å². The highest BCUT2D eigenvalue weighted by atomic mass is 19.1. The molecule has 8 heteroatoms. The summed E-state index contributed by atoms with van der Waals surface area (Å²) in [5, 5.41) is 6.91. The van der Waals surface area contributed by atoms with Gasteiger partial charge in [-0.3, -0.25) is 0 Å². The molecule has 1 N–H and O–H groups in total. The van der Waals surface area contributed by atoms with Gasteiger partial charge in [0.2, 0.25) is 0 Å². The highest BCUT2D eigenvalue weighted by Crippen LogP contribution is 2.44. The number of rotatable bonds is 3. The Kier molecular flexibility index (Phi) is 4.03. The molecule has 0 aromatic carbocycles. The fourth-order valence-electron chi connectivity index (χ4n) is 3.08. The molecule has 2 aliphatic rings. The van der Waals surface area contributed by atoms with Crippen LogP contribution in [0, 0.1) is 12.7 Å². The Balaban J connectivity index is 1.39. The first kappa shape index (κ1) is 15.9. The smallest absolute Gasteiger partial charge is 0.322 e. The summed E-state index contributed by atoms with van der Waals surface area (Å²) in [5.41, 5.74) is 1.40. The average Bonchev–Trinajstić information content (AvgIpc) is 3.41. The fourth-order valence-corrected chi connectivity index (χ4v) is 3.08. The van der Waals surface area contributed by atoms with E-state index in [1.807, 2.05) is 11.8 Å². The van der Waals surface area contributed by atoms with E-state index in [2.05, 4.69) is 15.5 Å². The van der Waals surface area contributed by atoms with Crippen LogP contribution in [0.2, 0.25) is 0 Å². The molecule has 0 radical (unpaired) electrons. The van der Waals surface area contributed by atoms with Crippen LogP contribution in [0.15, 0.2) is 22.9 Å². The summed E-state index contributed by atoms with van der Waals surface area (Å²) in [7, 11) is 0. The molecule has 0 bridgehead atoms. The van der Waals surface area contributed by atoms with Crippen molar-refractivity contribution in [2.24, 2.45) is 0 Å².